The molecule has 0 bridgehead atoms. The van der Waals surface area contributed by atoms with E-state index in [-0.39, 0.29) is 0 Å². The van der Waals surface area contributed by atoms with Gasteiger partial charge < -0.3 is 15.7 Å². The van der Waals surface area contributed by atoms with Gasteiger partial charge in [-0.1, -0.05) is 26.7 Å². The van der Waals surface area contributed by atoms with Crippen LogP contribution < -0.4 is 10.6 Å². The minimum atomic E-state index is -0.976. The Morgan fingerprint density at radius 2 is 2.00 bits per heavy atom. The molecule has 3 N–H and O–H groups in total. The zero-order valence-corrected chi connectivity index (χ0v) is 12.2. The highest BCUT2D eigenvalue weighted by Gasteiger charge is 2.18. The standard InChI is InChI=1S/C12H24N2O3S/c1-4-5-6-10(11(15)16)14-12(17)13-8-7-9(2)18-3/h9-10H,4-8H2,1-3H3,(H,15,16)(H2,13,14,17). The number of rotatable bonds is 9. The molecule has 18 heavy (non-hydrogen) atoms. The van der Waals surface area contributed by atoms with Gasteiger partial charge in [-0.05, 0) is 19.1 Å². The molecule has 106 valence electrons. The van der Waals surface area contributed by atoms with Gasteiger partial charge in [0.2, 0.25) is 0 Å². The molecule has 0 saturated heterocycles. The third-order valence-corrected chi connectivity index (χ3v) is 3.73. The summed E-state index contributed by atoms with van der Waals surface area (Å²) >= 11 is 1.74. The molecule has 0 fully saturated rings. The summed E-state index contributed by atoms with van der Waals surface area (Å²) in [6.45, 7) is 4.64. The lowest BCUT2D eigenvalue weighted by atomic mass is 10.1. The van der Waals surface area contributed by atoms with Crippen LogP contribution in [0.4, 0.5) is 4.79 Å². The van der Waals surface area contributed by atoms with Crippen molar-refractivity contribution in [2.45, 2.75) is 50.8 Å². The normalized spacial score (nSPS) is 13.7. The molecule has 0 aliphatic heterocycles. The van der Waals surface area contributed by atoms with Gasteiger partial charge in [-0.15, -0.1) is 0 Å². The predicted molar refractivity (Wildman–Crippen MR) is 75.1 cm³/mol. The molecule has 0 saturated carbocycles. The Hall–Kier alpha value is -0.910. The van der Waals surface area contributed by atoms with Gasteiger partial charge in [0.15, 0.2) is 0 Å². The second kappa shape index (κ2) is 10.1. The van der Waals surface area contributed by atoms with E-state index in [1.54, 1.807) is 11.8 Å². The minimum absolute atomic E-state index is 0.396. The summed E-state index contributed by atoms with van der Waals surface area (Å²) in [5.41, 5.74) is 0. The number of hydrogen-bond donors (Lipinski definition) is 3. The van der Waals surface area contributed by atoms with Gasteiger partial charge in [0.1, 0.15) is 6.04 Å². The number of amides is 2. The molecule has 6 heteroatoms. The van der Waals surface area contributed by atoms with E-state index in [4.69, 9.17) is 5.11 Å². The first-order chi connectivity index (χ1) is 8.51. The molecular formula is C12H24N2O3S. The highest BCUT2D eigenvalue weighted by molar-refractivity contribution is 7.99. The largest absolute Gasteiger partial charge is 0.480 e. The van der Waals surface area contributed by atoms with E-state index in [1.165, 1.54) is 0 Å². The molecule has 0 spiro atoms. The van der Waals surface area contributed by atoms with Crippen molar-refractivity contribution in [2.75, 3.05) is 12.8 Å². The highest BCUT2D eigenvalue weighted by atomic mass is 32.2. The first-order valence-electron chi connectivity index (χ1n) is 6.31. The topological polar surface area (TPSA) is 78.4 Å². The van der Waals surface area contributed by atoms with Crippen molar-refractivity contribution in [1.82, 2.24) is 10.6 Å². The van der Waals surface area contributed by atoms with Crippen LogP contribution in [0.5, 0.6) is 0 Å². The predicted octanol–water partition coefficient (Wildman–Crippen LogP) is 2.07. The summed E-state index contributed by atoms with van der Waals surface area (Å²) in [7, 11) is 0. The van der Waals surface area contributed by atoms with E-state index in [0.29, 0.717) is 18.2 Å². The Labute approximate surface area is 113 Å². The Balaban J connectivity index is 3.91. The van der Waals surface area contributed by atoms with Crippen molar-refractivity contribution >= 4 is 23.8 Å². The zero-order valence-electron chi connectivity index (χ0n) is 11.4. The van der Waals surface area contributed by atoms with E-state index in [1.807, 2.05) is 13.2 Å². The van der Waals surface area contributed by atoms with Gasteiger partial charge >= 0.3 is 12.0 Å². The van der Waals surface area contributed by atoms with Crippen molar-refractivity contribution in [1.29, 1.82) is 0 Å². The molecule has 2 unspecified atom stereocenters. The van der Waals surface area contributed by atoms with Gasteiger partial charge in [0, 0.05) is 11.8 Å². The smallest absolute Gasteiger partial charge is 0.326 e. The fraction of sp³-hybridized carbons (Fsp3) is 0.833. The molecule has 0 radical (unpaired) electrons. The summed E-state index contributed by atoms with van der Waals surface area (Å²) in [6, 6.07) is -1.19. The lowest BCUT2D eigenvalue weighted by Crippen LogP contribution is -2.46. The number of hydrogen-bond acceptors (Lipinski definition) is 3. The second-order valence-electron chi connectivity index (χ2n) is 4.27. The summed E-state index contributed by atoms with van der Waals surface area (Å²) < 4.78 is 0. The maximum Gasteiger partial charge on any atom is 0.326 e. The Bertz CT molecular complexity index is 262. The van der Waals surface area contributed by atoms with E-state index < -0.39 is 18.0 Å². The van der Waals surface area contributed by atoms with Gasteiger partial charge in [-0.2, -0.15) is 11.8 Å². The SMILES string of the molecule is CCCCC(NC(=O)NCCC(C)SC)C(=O)O. The Kier molecular flexibility index (Phi) is 9.55. The van der Waals surface area contributed by atoms with E-state index in [9.17, 15) is 9.59 Å². The van der Waals surface area contributed by atoms with Crippen molar-refractivity contribution < 1.29 is 14.7 Å². The van der Waals surface area contributed by atoms with Crippen LogP contribution in [0, 0.1) is 0 Å². The molecule has 0 aliphatic rings. The molecule has 0 aromatic heterocycles. The molecule has 2 atom stereocenters. The van der Waals surface area contributed by atoms with Crippen LogP contribution in [0.25, 0.3) is 0 Å². The Morgan fingerprint density at radius 1 is 1.33 bits per heavy atom. The van der Waals surface area contributed by atoms with Gasteiger partial charge in [-0.25, -0.2) is 9.59 Å². The fourth-order valence-corrected chi connectivity index (χ4v) is 1.74. The summed E-state index contributed by atoms with van der Waals surface area (Å²) in [4.78, 5) is 22.4. The van der Waals surface area contributed by atoms with Crippen molar-refractivity contribution in [3.05, 3.63) is 0 Å². The van der Waals surface area contributed by atoms with E-state index in [0.717, 1.165) is 19.3 Å². The van der Waals surface area contributed by atoms with Gasteiger partial charge in [0.25, 0.3) is 0 Å². The summed E-state index contributed by atoms with van der Waals surface area (Å²) in [5, 5.41) is 14.6. The third kappa shape index (κ3) is 8.22. The molecular weight excluding hydrogens is 252 g/mol. The summed E-state index contributed by atoms with van der Waals surface area (Å²) in [6.07, 6.45) is 5.08. The number of urea groups is 1. The molecule has 0 heterocycles. The quantitative estimate of drug-likeness (QED) is 0.602. The highest BCUT2D eigenvalue weighted by Crippen LogP contribution is 2.07. The average Bonchev–Trinajstić information content (AvgIpc) is 2.33. The fourth-order valence-electron chi connectivity index (χ4n) is 1.38. The molecule has 0 aromatic carbocycles. The number of aliphatic carboxylic acids is 1. The van der Waals surface area contributed by atoms with Crippen LogP contribution >= 0.6 is 11.8 Å². The van der Waals surface area contributed by atoms with Crippen molar-refractivity contribution in [2.24, 2.45) is 0 Å². The number of carbonyl (C=O) groups is 2. The van der Waals surface area contributed by atoms with E-state index in [2.05, 4.69) is 17.6 Å². The maximum atomic E-state index is 11.5. The van der Waals surface area contributed by atoms with Gasteiger partial charge in [0.05, 0.1) is 0 Å². The Morgan fingerprint density at radius 3 is 2.50 bits per heavy atom. The molecule has 2 amide bonds. The average molecular weight is 276 g/mol. The number of thioether (sulfide) groups is 1. The summed E-state index contributed by atoms with van der Waals surface area (Å²) in [5.74, 6) is -0.976. The molecule has 0 aliphatic carbocycles. The maximum absolute atomic E-state index is 11.5. The molecule has 0 aromatic rings. The number of carboxylic acid groups (broad SMARTS) is 1. The second-order valence-corrected chi connectivity index (χ2v) is 5.54. The first-order valence-corrected chi connectivity index (χ1v) is 7.60. The van der Waals surface area contributed by atoms with Crippen LogP contribution in [0.1, 0.15) is 39.5 Å². The zero-order chi connectivity index (χ0) is 14.0. The lowest BCUT2D eigenvalue weighted by molar-refractivity contribution is -0.139. The monoisotopic (exact) mass is 276 g/mol. The van der Waals surface area contributed by atoms with Gasteiger partial charge in [-0.3, -0.25) is 0 Å². The minimum Gasteiger partial charge on any atom is -0.480 e. The van der Waals surface area contributed by atoms with Crippen molar-refractivity contribution in [3.8, 4) is 0 Å². The van der Waals surface area contributed by atoms with E-state index >= 15 is 0 Å². The molecule has 0 rings (SSSR count). The van der Waals surface area contributed by atoms with Crippen LogP contribution in [-0.2, 0) is 4.79 Å². The number of nitrogens with one attached hydrogen (secondary N) is 2. The van der Waals surface area contributed by atoms with Crippen LogP contribution in [0.2, 0.25) is 0 Å². The van der Waals surface area contributed by atoms with Crippen molar-refractivity contribution in [3.63, 3.8) is 0 Å². The lowest BCUT2D eigenvalue weighted by Gasteiger charge is -2.15. The number of carboxylic acids is 1. The van der Waals surface area contributed by atoms with Crippen LogP contribution in [-0.4, -0.2) is 41.2 Å². The van der Waals surface area contributed by atoms with Crippen LogP contribution in [0.15, 0.2) is 0 Å². The van der Waals surface area contributed by atoms with Crippen LogP contribution in [0.3, 0.4) is 0 Å². The number of carbonyl (C=O) groups excluding carboxylic acids is 1. The third-order valence-electron chi connectivity index (χ3n) is 2.69. The first kappa shape index (κ1) is 17.1. The molecule has 5 nitrogen and oxygen atoms in total. The number of unbranched alkanes of at least 4 members (excludes halogenated alkanes) is 1.